The maximum Gasteiger partial charge on any atom is 0.241 e. The van der Waals surface area contributed by atoms with Gasteiger partial charge >= 0.3 is 0 Å². The first kappa shape index (κ1) is 19.0. The number of hydrogen-bond donors (Lipinski definition) is 1. The number of halogens is 3. The summed E-state index contributed by atoms with van der Waals surface area (Å²) in [6, 6.07) is 11.4. The lowest BCUT2D eigenvalue weighted by Gasteiger charge is -2.38. The molecule has 0 aliphatic carbocycles. The van der Waals surface area contributed by atoms with E-state index in [9.17, 15) is 9.18 Å². The van der Waals surface area contributed by atoms with Crippen LogP contribution in [0.5, 0.6) is 0 Å². The second-order valence-electron chi connectivity index (χ2n) is 6.26. The Bertz CT molecular complexity index is 794. The van der Waals surface area contributed by atoms with Crippen LogP contribution in [-0.4, -0.2) is 43.0 Å². The van der Waals surface area contributed by atoms with E-state index in [1.165, 1.54) is 6.07 Å². The van der Waals surface area contributed by atoms with Gasteiger partial charge in [-0.15, -0.1) is 0 Å². The number of para-hydroxylation sites is 1. The lowest BCUT2D eigenvalue weighted by Crippen LogP contribution is -2.53. The lowest BCUT2D eigenvalue weighted by molar-refractivity contribution is -0.120. The van der Waals surface area contributed by atoms with E-state index < -0.39 is 0 Å². The van der Waals surface area contributed by atoms with Crippen molar-refractivity contribution >= 4 is 40.5 Å². The number of hydrogen-bond acceptors (Lipinski definition) is 3. The average Bonchev–Trinajstić information content (AvgIpc) is 2.64. The van der Waals surface area contributed by atoms with Crippen molar-refractivity contribution in [1.82, 2.24) is 4.90 Å². The summed E-state index contributed by atoms with van der Waals surface area (Å²) in [7, 11) is 0. The van der Waals surface area contributed by atoms with E-state index in [1.807, 2.05) is 17.9 Å². The molecule has 1 aliphatic heterocycles. The van der Waals surface area contributed by atoms with Crippen LogP contribution in [0.4, 0.5) is 15.8 Å². The number of anilines is 2. The van der Waals surface area contributed by atoms with E-state index in [2.05, 4.69) is 10.2 Å². The summed E-state index contributed by atoms with van der Waals surface area (Å²) in [6.07, 6.45) is 0. The molecule has 4 nitrogen and oxygen atoms in total. The number of carbonyl (C=O) groups is 1. The van der Waals surface area contributed by atoms with Crippen LogP contribution >= 0.6 is 23.2 Å². The van der Waals surface area contributed by atoms with Crippen LogP contribution in [0.25, 0.3) is 0 Å². The molecule has 0 unspecified atom stereocenters. The van der Waals surface area contributed by atoms with E-state index in [0.29, 0.717) is 47.6 Å². The third kappa shape index (κ3) is 4.29. The number of carbonyl (C=O) groups excluding carboxylic acids is 1. The highest BCUT2D eigenvalue weighted by atomic mass is 35.5. The largest absolute Gasteiger partial charge is 0.367 e. The summed E-state index contributed by atoms with van der Waals surface area (Å²) in [5.41, 5.74) is 1.15. The molecule has 2 aromatic rings. The highest BCUT2D eigenvalue weighted by molar-refractivity contribution is 6.36. The fourth-order valence-corrected chi connectivity index (χ4v) is 3.51. The fourth-order valence-electron chi connectivity index (χ4n) is 3.05. The van der Waals surface area contributed by atoms with Gasteiger partial charge in [-0.25, -0.2) is 4.39 Å². The lowest BCUT2D eigenvalue weighted by atomic mass is 10.2. The van der Waals surface area contributed by atoms with Crippen LogP contribution in [0.15, 0.2) is 42.5 Å². The van der Waals surface area contributed by atoms with E-state index in [1.54, 1.807) is 30.3 Å². The van der Waals surface area contributed by atoms with Gasteiger partial charge in [-0.05, 0) is 37.3 Å². The molecule has 7 heteroatoms. The molecule has 1 heterocycles. The molecular weight excluding hydrogens is 376 g/mol. The molecule has 26 heavy (non-hydrogen) atoms. The summed E-state index contributed by atoms with van der Waals surface area (Å²) in [4.78, 5) is 16.6. The molecule has 1 amide bonds. The Labute approximate surface area is 162 Å². The number of piperazine rings is 1. The first-order valence-corrected chi connectivity index (χ1v) is 9.21. The Hall–Kier alpha value is -1.82. The number of amides is 1. The zero-order valence-corrected chi connectivity index (χ0v) is 15.9. The molecule has 0 radical (unpaired) electrons. The highest BCUT2D eigenvalue weighted by Crippen LogP contribution is 2.26. The Morgan fingerprint density at radius 3 is 2.46 bits per heavy atom. The molecule has 1 fully saturated rings. The number of benzene rings is 2. The van der Waals surface area contributed by atoms with Crippen molar-refractivity contribution in [1.29, 1.82) is 0 Å². The van der Waals surface area contributed by atoms with E-state index >= 15 is 0 Å². The van der Waals surface area contributed by atoms with Gasteiger partial charge in [-0.2, -0.15) is 0 Å². The quantitative estimate of drug-likeness (QED) is 0.838. The molecule has 1 saturated heterocycles. The van der Waals surface area contributed by atoms with Crippen molar-refractivity contribution in [2.24, 2.45) is 0 Å². The number of nitrogens with zero attached hydrogens (tertiary/aromatic N) is 2. The van der Waals surface area contributed by atoms with Crippen molar-refractivity contribution < 1.29 is 9.18 Å². The van der Waals surface area contributed by atoms with Crippen LogP contribution < -0.4 is 10.2 Å². The van der Waals surface area contributed by atoms with Crippen LogP contribution in [0.3, 0.4) is 0 Å². The normalized spacial score (nSPS) is 16.4. The summed E-state index contributed by atoms with van der Waals surface area (Å²) in [5, 5.41) is 3.77. The highest BCUT2D eigenvalue weighted by Gasteiger charge is 2.26. The van der Waals surface area contributed by atoms with Gasteiger partial charge in [0.25, 0.3) is 0 Å². The molecule has 2 aromatic carbocycles. The second kappa shape index (κ2) is 8.25. The van der Waals surface area contributed by atoms with Gasteiger partial charge in [0.15, 0.2) is 0 Å². The van der Waals surface area contributed by atoms with Gasteiger partial charge in [-0.3, -0.25) is 9.69 Å². The van der Waals surface area contributed by atoms with Gasteiger partial charge in [-0.1, -0.05) is 35.3 Å². The standard InChI is InChI=1S/C19H20Cl2FN3O/c1-13(19(26)23-17-7-6-14(20)12-15(17)21)24-8-10-25(11-9-24)18-5-3-2-4-16(18)22/h2-7,12-13H,8-11H2,1H3,(H,23,26)/t13-/m0/s1. The van der Waals surface area contributed by atoms with Crippen molar-refractivity contribution in [2.75, 3.05) is 36.4 Å². The molecule has 138 valence electrons. The van der Waals surface area contributed by atoms with Crippen molar-refractivity contribution in [3.63, 3.8) is 0 Å². The Morgan fingerprint density at radius 1 is 1.12 bits per heavy atom. The summed E-state index contributed by atoms with van der Waals surface area (Å²) in [6.45, 7) is 4.55. The van der Waals surface area contributed by atoms with E-state index in [4.69, 9.17) is 23.2 Å². The smallest absolute Gasteiger partial charge is 0.241 e. The van der Waals surface area contributed by atoms with Crippen molar-refractivity contribution in [2.45, 2.75) is 13.0 Å². The fraction of sp³-hybridized carbons (Fsp3) is 0.316. The predicted molar refractivity (Wildman–Crippen MR) is 105 cm³/mol. The Morgan fingerprint density at radius 2 is 1.81 bits per heavy atom. The first-order chi connectivity index (χ1) is 12.5. The number of nitrogens with one attached hydrogen (secondary N) is 1. The Balaban J connectivity index is 1.58. The van der Waals surface area contributed by atoms with Gasteiger partial charge in [0, 0.05) is 31.2 Å². The molecular formula is C19H20Cl2FN3O. The summed E-state index contributed by atoms with van der Waals surface area (Å²) < 4.78 is 13.9. The minimum atomic E-state index is -0.315. The van der Waals surface area contributed by atoms with Gasteiger partial charge < -0.3 is 10.2 Å². The van der Waals surface area contributed by atoms with Crippen LogP contribution in [-0.2, 0) is 4.79 Å². The van der Waals surface area contributed by atoms with Crippen molar-refractivity contribution in [3.8, 4) is 0 Å². The average molecular weight is 396 g/mol. The van der Waals surface area contributed by atoms with Gasteiger partial charge in [0.05, 0.1) is 22.4 Å². The molecule has 0 spiro atoms. The molecule has 0 saturated carbocycles. The minimum absolute atomic E-state index is 0.131. The topological polar surface area (TPSA) is 35.6 Å². The Kier molecular flexibility index (Phi) is 6.01. The van der Waals surface area contributed by atoms with E-state index in [0.717, 1.165) is 0 Å². The van der Waals surface area contributed by atoms with Crippen LogP contribution in [0.1, 0.15) is 6.92 Å². The van der Waals surface area contributed by atoms with Gasteiger partial charge in [0.1, 0.15) is 5.82 Å². The summed E-state index contributed by atoms with van der Waals surface area (Å²) in [5.74, 6) is -0.349. The molecule has 1 atom stereocenters. The SMILES string of the molecule is C[C@@H](C(=O)Nc1ccc(Cl)cc1Cl)N1CCN(c2ccccc2F)CC1. The first-order valence-electron chi connectivity index (χ1n) is 8.45. The molecule has 0 aromatic heterocycles. The van der Waals surface area contributed by atoms with Crippen molar-refractivity contribution in [3.05, 3.63) is 58.3 Å². The maximum absolute atomic E-state index is 13.9. The zero-order chi connectivity index (χ0) is 18.7. The minimum Gasteiger partial charge on any atom is -0.367 e. The molecule has 1 N–H and O–H groups in total. The third-order valence-electron chi connectivity index (χ3n) is 4.62. The molecule has 0 bridgehead atoms. The maximum atomic E-state index is 13.9. The second-order valence-corrected chi connectivity index (χ2v) is 7.11. The molecule has 1 aliphatic rings. The third-order valence-corrected chi connectivity index (χ3v) is 5.17. The number of rotatable bonds is 4. The van der Waals surface area contributed by atoms with Gasteiger partial charge in [0.2, 0.25) is 5.91 Å². The zero-order valence-electron chi connectivity index (χ0n) is 14.4. The van der Waals surface area contributed by atoms with Crippen LogP contribution in [0, 0.1) is 5.82 Å². The van der Waals surface area contributed by atoms with Crippen LogP contribution in [0.2, 0.25) is 10.0 Å². The van der Waals surface area contributed by atoms with E-state index in [-0.39, 0.29) is 17.8 Å². The molecule has 3 rings (SSSR count). The monoisotopic (exact) mass is 395 g/mol. The predicted octanol–water partition coefficient (Wildman–Crippen LogP) is 4.28. The summed E-state index contributed by atoms with van der Waals surface area (Å²) >= 11 is 12.0.